The third kappa shape index (κ3) is 2.56. The van der Waals surface area contributed by atoms with Crippen LogP contribution in [0.1, 0.15) is 19.3 Å². The van der Waals surface area contributed by atoms with Crippen molar-refractivity contribution in [1.82, 2.24) is 0 Å². The molecule has 0 amide bonds. The van der Waals surface area contributed by atoms with Crippen molar-refractivity contribution < 1.29 is 4.74 Å². The lowest BCUT2D eigenvalue weighted by molar-refractivity contribution is 0.0367. The smallest absolute Gasteiger partial charge is 0.0872 e. The van der Waals surface area contributed by atoms with Gasteiger partial charge in [0.2, 0.25) is 0 Å². The van der Waals surface area contributed by atoms with Crippen LogP contribution in [0.15, 0.2) is 30.3 Å². The Morgan fingerprint density at radius 1 is 1.21 bits per heavy atom. The number of benzene rings is 1. The van der Waals surface area contributed by atoms with Crippen molar-refractivity contribution in [3.05, 3.63) is 30.3 Å². The van der Waals surface area contributed by atoms with Crippen LogP contribution >= 0.6 is 0 Å². The first-order valence-corrected chi connectivity index (χ1v) is 7.88. The highest BCUT2D eigenvalue weighted by atomic mass is 28.2. The minimum absolute atomic E-state index is 0.214. The van der Waals surface area contributed by atoms with E-state index in [4.69, 9.17) is 4.74 Å². The Morgan fingerprint density at radius 3 is 2.64 bits per heavy atom. The molecule has 0 saturated carbocycles. The van der Waals surface area contributed by atoms with Crippen LogP contribution in [0.3, 0.4) is 0 Å². The van der Waals surface area contributed by atoms with E-state index in [0.29, 0.717) is 4.85 Å². The Hall–Kier alpha value is -0.386. The first-order valence-electron chi connectivity index (χ1n) is 5.46. The van der Waals surface area contributed by atoms with Gasteiger partial charge in [0.1, 0.15) is 0 Å². The third-order valence-electron chi connectivity index (χ3n) is 2.97. The van der Waals surface area contributed by atoms with Gasteiger partial charge in [0.25, 0.3) is 0 Å². The molecule has 1 aliphatic heterocycles. The van der Waals surface area contributed by atoms with E-state index in [9.17, 15) is 0 Å². The highest BCUT2D eigenvalue weighted by Crippen LogP contribution is 2.20. The zero-order valence-electron chi connectivity index (χ0n) is 8.83. The predicted molar refractivity (Wildman–Crippen MR) is 67.1 cm³/mol. The van der Waals surface area contributed by atoms with E-state index in [2.05, 4.69) is 30.3 Å². The predicted octanol–water partition coefficient (Wildman–Crippen LogP) is -0.300. The summed E-state index contributed by atoms with van der Waals surface area (Å²) in [6, 6.07) is 10.9. The Kier molecular flexibility index (Phi) is 3.20. The van der Waals surface area contributed by atoms with E-state index >= 15 is 0 Å². The van der Waals surface area contributed by atoms with Gasteiger partial charge in [0.05, 0.1) is 9.52 Å². The second kappa shape index (κ2) is 4.42. The van der Waals surface area contributed by atoms with Crippen molar-refractivity contribution in [1.29, 1.82) is 0 Å². The van der Waals surface area contributed by atoms with Gasteiger partial charge in [-0.25, -0.2) is 0 Å². The van der Waals surface area contributed by atoms with Crippen LogP contribution < -0.4 is 5.19 Å². The Morgan fingerprint density at radius 2 is 2.00 bits per heavy atom. The zero-order chi connectivity index (χ0) is 9.86. The van der Waals surface area contributed by atoms with E-state index in [0.717, 1.165) is 6.61 Å². The van der Waals surface area contributed by atoms with Crippen LogP contribution in [-0.2, 0) is 4.74 Å². The molecule has 3 heteroatoms. The van der Waals surface area contributed by atoms with Crippen molar-refractivity contribution in [3.8, 4) is 0 Å². The molecule has 0 radical (unpaired) electrons. The average molecular weight is 222 g/mol. The van der Waals surface area contributed by atoms with Gasteiger partial charge >= 0.3 is 0 Å². The molecule has 1 heterocycles. The van der Waals surface area contributed by atoms with Crippen LogP contribution in [0, 0.1) is 0 Å². The van der Waals surface area contributed by atoms with E-state index in [1.165, 1.54) is 29.5 Å². The Bertz CT molecular complexity index is 281. The van der Waals surface area contributed by atoms with Gasteiger partial charge in [-0.15, -0.1) is 0 Å². The maximum atomic E-state index is 5.99. The summed E-state index contributed by atoms with van der Waals surface area (Å²) < 4.78 is 5.99. The summed E-state index contributed by atoms with van der Waals surface area (Å²) >= 11 is 0. The molecule has 1 aliphatic rings. The number of hydrogen-bond acceptors (Lipinski definition) is 1. The molecule has 1 unspecified atom stereocenters. The summed E-state index contributed by atoms with van der Waals surface area (Å²) in [7, 11) is 0.990. The van der Waals surface area contributed by atoms with Gasteiger partial charge in [0.15, 0.2) is 0 Å². The molecule has 1 aromatic carbocycles. The van der Waals surface area contributed by atoms with E-state index < -0.39 is 0 Å². The SMILES string of the molecule is [SiH3]C1([SiH2]c2ccccc2)CCCCO1. The second-order valence-corrected chi connectivity index (χ2v) is 10.3. The lowest BCUT2D eigenvalue weighted by Crippen LogP contribution is -2.47. The lowest BCUT2D eigenvalue weighted by Gasteiger charge is -2.34. The fourth-order valence-corrected chi connectivity index (χ4v) is 5.99. The molecule has 14 heavy (non-hydrogen) atoms. The Labute approximate surface area is 91.1 Å². The molecule has 0 N–H and O–H groups in total. The molecule has 0 spiro atoms. The van der Waals surface area contributed by atoms with Crippen molar-refractivity contribution in [2.75, 3.05) is 6.61 Å². The Balaban J connectivity index is 2.02. The van der Waals surface area contributed by atoms with Gasteiger partial charge in [-0.2, -0.15) is 0 Å². The number of hydrogen-bond donors (Lipinski definition) is 0. The van der Waals surface area contributed by atoms with E-state index in [1.54, 1.807) is 5.19 Å². The summed E-state index contributed by atoms with van der Waals surface area (Å²) in [5.74, 6) is 0. The van der Waals surface area contributed by atoms with Crippen molar-refractivity contribution in [2.45, 2.75) is 24.1 Å². The maximum Gasteiger partial charge on any atom is 0.0872 e. The molecular weight excluding hydrogens is 204 g/mol. The second-order valence-electron chi connectivity index (χ2n) is 4.42. The summed E-state index contributed by atoms with van der Waals surface area (Å²) in [4.78, 5) is 0.361. The van der Waals surface area contributed by atoms with Crippen LogP contribution in [0.4, 0.5) is 0 Å². The topological polar surface area (TPSA) is 9.23 Å². The van der Waals surface area contributed by atoms with Crippen LogP contribution in [0.2, 0.25) is 0 Å². The molecule has 0 aromatic heterocycles. The van der Waals surface area contributed by atoms with Crippen molar-refractivity contribution in [2.24, 2.45) is 0 Å². The zero-order valence-corrected chi connectivity index (χ0v) is 12.2. The quantitative estimate of drug-likeness (QED) is 0.625. The summed E-state index contributed by atoms with van der Waals surface area (Å²) in [6.07, 6.45) is 3.97. The fraction of sp³-hybridized carbons (Fsp3) is 0.455. The minimum Gasteiger partial charge on any atom is -0.383 e. The summed E-state index contributed by atoms with van der Waals surface area (Å²) in [5.41, 5.74) is 0. The van der Waals surface area contributed by atoms with Crippen molar-refractivity contribution >= 4 is 24.9 Å². The average Bonchev–Trinajstić information content (AvgIpc) is 2.19. The van der Waals surface area contributed by atoms with Gasteiger partial charge in [-0.05, 0) is 19.3 Å². The largest absolute Gasteiger partial charge is 0.383 e. The maximum absolute atomic E-state index is 5.99. The molecule has 0 aliphatic carbocycles. The molecule has 0 bridgehead atoms. The highest BCUT2D eigenvalue weighted by Gasteiger charge is 2.27. The lowest BCUT2D eigenvalue weighted by atomic mass is 10.2. The third-order valence-corrected chi connectivity index (χ3v) is 7.01. The van der Waals surface area contributed by atoms with Crippen LogP contribution in [0.5, 0.6) is 0 Å². The van der Waals surface area contributed by atoms with Crippen LogP contribution in [-0.4, -0.2) is 31.2 Å². The van der Waals surface area contributed by atoms with Gasteiger partial charge in [-0.1, -0.05) is 35.5 Å². The van der Waals surface area contributed by atoms with Crippen LogP contribution in [0.25, 0.3) is 0 Å². The monoisotopic (exact) mass is 222 g/mol. The van der Waals surface area contributed by atoms with Gasteiger partial charge in [-0.3, -0.25) is 0 Å². The van der Waals surface area contributed by atoms with Gasteiger partial charge in [0, 0.05) is 21.7 Å². The molecule has 2 rings (SSSR count). The van der Waals surface area contributed by atoms with Crippen molar-refractivity contribution in [3.63, 3.8) is 0 Å². The first-order chi connectivity index (χ1) is 6.79. The molecule has 1 atom stereocenters. The molecule has 1 fully saturated rings. The molecule has 76 valence electrons. The number of ether oxygens (including phenoxy) is 1. The molecule has 1 saturated heterocycles. The molecular formula is C11H18OSi2. The highest BCUT2D eigenvalue weighted by molar-refractivity contribution is 6.65. The fourth-order valence-electron chi connectivity index (χ4n) is 2.16. The summed E-state index contributed by atoms with van der Waals surface area (Å²) in [5, 5.41) is 1.56. The minimum atomic E-state index is -0.214. The normalized spacial score (nSPS) is 28.6. The molecule has 1 aromatic rings. The first kappa shape index (κ1) is 10.1. The van der Waals surface area contributed by atoms with E-state index in [1.807, 2.05) is 0 Å². The summed E-state index contributed by atoms with van der Waals surface area (Å²) in [6.45, 7) is 1.00. The van der Waals surface area contributed by atoms with Gasteiger partial charge < -0.3 is 4.74 Å². The van der Waals surface area contributed by atoms with E-state index in [-0.39, 0.29) is 9.52 Å². The molecule has 1 nitrogen and oxygen atoms in total. The standard InChI is InChI=1S/C11H18OSi2/c13-11(8-4-5-9-12-11)14-10-6-2-1-3-7-10/h1-3,6-7H,4-5,8-9,14H2,13H3. The number of rotatable bonds is 2.